The number of benzene rings is 1. The van der Waals surface area contributed by atoms with E-state index in [-0.39, 0.29) is 0 Å². The first-order chi connectivity index (χ1) is 10.7. The minimum atomic E-state index is 0.325. The average Bonchev–Trinajstić information content (AvgIpc) is 3.38. The summed E-state index contributed by atoms with van der Waals surface area (Å²) in [5, 5.41) is 0. The van der Waals surface area contributed by atoms with E-state index in [2.05, 4.69) is 41.0 Å². The van der Waals surface area contributed by atoms with E-state index in [1.807, 2.05) is 0 Å². The van der Waals surface area contributed by atoms with Gasteiger partial charge >= 0.3 is 0 Å². The fraction of sp³-hybridized carbons (Fsp3) is 0.632. The predicted molar refractivity (Wildman–Crippen MR) is 89.9 cm³/mol. The third kappa shape index (κ3) is 4.33. The van der Waals surface area contributed by atoms with Crippen molar-refractivity contribution >= 4 is 5.91 Å². The molecule has 3 rings (SSSR count). The fourth-order valence-electron chi connectivity index (χ4n) is 3.20. The van der Waals surface area contributed by atoms with Crippen molar-refractivity contribution in [2.45, 2.75) is 39.0 Å². The van der Waals surface area contributed by atoms with Crippen molar-refractivity contribution in [3.63, 3.8) is 0 Å². The van der Waals surface area contributed by atoms with E-state index in [1.54, 1.807) is 0 Å². The lowest BCUT2D eigenvalue weighted by molar-refractivity contribution is -0.132. The summed E-state index contributed by atoms with van der Waals surface area (Å²) in [5.41, 5.74) is 2.64. The van der Waals surface area contributed by atoms with E-state index in [0.29, 0.717) is 12.3 Å². The van der Waals surface area contributed by atoms with Gasteiger partial charge in [0.1, 0.15) is 0 Å². The molecule has 0 spiro atoms. The number of piperazine rings is 1. The van der Waals surface area contributed by atoms with E-state index >= 15 is 0 Å². The van der Waals surface area contributed by atoms with Crippen molar-refractivity contribution < 1.29 is 4.79 Å². The highest BCUT2D eigenvalue weighted by Crippen LogP contribution is 2.29. The molecule has 1 aliphatic heterocycles. The van der Waals surface area contributed by atoms with Crippen LogP contribution < -0.4 is 0 Å². The summed E-state index contributed by atoms with van der Waals surface area (Å²) in [7, 11) is 0. The Kier molecular flexibility index (Phi) is 5.14. The van der Waals surface area contributed by atoms with E-state index in [9.17, 15) is 4.79 Å². The van der Waals surface area contributed by atoms with Gasteiger partial charge in [-0.2, -0.15) is 0 Å². The quantitative estimate of drug-likeness (QED) is 0.806. The molecule has 0 unspecified atom stereocenters. The molecule has 3 heteroatoms. The van der Waals surface area contributed by atoms with Gasteiger partial charge in [0.15, 0.2) is 0 Å². The molecule has 1 saturated carbocycles. The minimum Gasteiger partial charge on any atom is -0.340 e. The van der Waals surface area contributed by atoms with Gasteiger partial charge in [-0.15, -0.1) is 0 Å². The number of amides is 1. The smallest absolute Gasteiger partial charge is 0.222 e. The molecule has 0 bridgehead atoms. The summed E-state index contributed by atoms with van der Waals surface area (Å²) in [6, 6.07) is 8.69. The number of hydrogen-bond donors (Lipinski definition) is 0. The van der Waals surface area contributed by atoms with Crippen LogP contribution in [0.25, 0.3) is 0 Å². The third-order valence-electron chi connectivity index (χ3n) is 5.00. The molecule has 2 fully saturated rings. The van der Waals surface area contributed by atoms with Gasteiger partial charge in [-0.1, -0.05) is 31.2 Å². The zero-order chi connectivity index (χ0) is 15.4. The lowest BCUT2D eigenvalue weighted by Crippen LogP contribution is -2.49. The highest BCUT2D eigenvalue weighted by molar-refractivity contribution is 5.76. The molecule has 0 N–H and O–H groups in total. The van der Waals surface area contributed by atoms with Crippen molar-refractivity contribution in [1.82, 2.24) is 9.80 Å². The zero-order valence-corrected chi connectivity index (χ0v) is 13.8. The molecule has 1 amide bonds. The van der Waals surface area contributed by atoms with Crippen molar-refractivity contribution in [3.05, 3.63) is 35.4 Å². The molecular weight excluding hydrogens is 272 g/mol. The lowest BCUT2D eigenvalue weighted by Gasteiger charge is -2.34. The number of hydrogen-bond acceptors (Lipinski definition) is 2. The van der Waals surface area contributed by atoms with Crippen LogP contribution in [-0.2, 0) is 17.6 Å². The minimum absolute atomic E-state index is 0.325. The second-order valence-electron chi connectivity index (χ2n) is 6.79. The Morgan fingerprint density at radius 3 is 2.27 bits per heavy atom. The number of carbonyl (C=O) groups excluding carboxylic acids is 1. The molecule has 1 aromatic rings. The van der Waals surface area contributed by atoms with Crippen LogP contribution in [0.2, 0.25) is 0 Å². The van der Waals surface area contributed by atoms with Gasteiger partial charge in [-0.3, -0.25) is 9.69 Å². The van der Waals surface area contributed by atoms with Crippen molar-refractivity contribution in [3.8, 4) is 0 Å². The fourth-order valence-corrected chi connectivity index (χ4v) is 3.20. The molecule has 22 heavy (non-hydrogen) atoms. The molecule has 1 heterocycles. The van der Waals surface area contributed by atoms with Gasteiger partial charge in [0.2, 0.25) is 5.91 Å². The maximum atomic E-state index is 12.3. The van der Waals surface area contributed by atoms with Crippen LogP contribution >= 0.6 is 0 Å². The maximum Gasteiger partial charge on any atom is 0.222 e. The summed E-state index contributed by atoms with van der Waals surface area (Å²) in [5.74, 6) is 1.28. The number of aryl methyl sites for hydroxylation is 2. The normalized spacial score (nSPS) is 19.4. The molecule has 2 aliphatic rings. The molecule has 0 atom stereocenters. The lowest BCUT2D eigenvalue weighted by atomic mass is 10.1. The predicted octanol–water partition coefficient (Wildman–Crippen LogP) is 2.74. The summed E-state index contributed by atoms with van der Waals surface area (Å²) >= 11 is 0. The Balaban J connectivity index is 1.40. The van der Waals surface area contributed by atoms with Gasteiger partial charge in [0, 0.05) is 39.1 Å². The summed E-state index contributed by atoms with van der Waals surface area (Å²) < 4.78 is 0. The molecule has 1 aromatic carbocycles. The van der Waals surface area contributed by atoms with Crippen molar-refractivity contribution in [2.75, 3.05) is 32.7 Å². The Labute approximate surface area is 134 Å². The first-order valence-corrected chi connectivity index (χ1v) is 8.82. The third-order valence-corrected chi connectivity index (χ3v) is 5.00. The monoisotopic (exact) mass is 300 g/mol. The Morgan fingerprint density at radius 2 is 1.68 bits per heavy atom. The first kappa shape index (κ1) is 15.5. The summed E-state index contributed by atoms with van der Waals surface area (Å²) in [6.07, 6.45) is 5.41. The van der Waals surface area contributed by atoms with Crippen LogP contribution in [-0.4, -0.2) is 48.4 Å². The van der Waals surface area contributed by atoms with E-state index < -0.39 is 0 Å². The maximum absolute atomic E-state index is 12.3. The van der Waals surface area contributed by atoms with Crippen LogP contribution in [0.5, 0.6) is 0 Å². The van der Waals surface area contributed by atoms with Crippen LogP contribution in [0, 0.1) is 5.92 Å². The van der Waals surface area contributed by atoms with Crippen molar-refractivity contribution in [2.24, 2.45) is 5.92 Å². The standard InChI is InChI=1S/C19H28N2O/c1-2-16-3-5-17(6-4-16)9-10-19(22)21-13-11-20(12-14-21)15-18-7-8-18/h3-6,18H,2,7-15H2,1H3. The molecule has 3 nitrogen and oxygen atoms in total. The number of rotatable bonds is 6. The molecule has 1 aliphatic carbocycles. The van der Waals surface area contributed by atoms with Gasteiger partial charge in [-0.05, 0) is 42.7 Å². The van der Waals surface area contributed by atoms with Gasteiger partial charge in [-0.25, -0.2) is 0 Å². The van der Waals surface area contributed by atoms with Crippen LogP contribution in [0.4, 0.5) is 0 Å². The van der Waals surface area contributed by atoms with Crippen LogP contribution in [0.15, 0.2) is 24.3 Å². The van der Waals surface area contributed by atoms with Crippen LogP contribution in [0.3, 0.4) is 0 Å². The van der Waals surface area contributed by atoms with E-state index in [0.717, 1.165) is 44.9 Å². The Bertz CT molecular complexity index is 485. The van der Waals surface area contributed by atoms with E-state index in [1.165, 1.54) is 30.5 Å². The molecule has 1 saturated heterocycles. The highest BCUT2D eigenvalue weighted by atomic mass is 16.2. The van der Waals surface area contributed by atoms with Gasteiger partial charge in [0.05, 0.1) is 0 Å². The molecule has 0 aromatic heterocycles. The second kappa shape index (κ2) is 7.28. The molecule has 120 valence electrons. The Hall–Kier alpha value is -1.35. The van der Waals surface area contributed by atoms with Gasteiger partial charge < -0.3 is 4.90 Å². The Morgan fingerprint density at radius 1 is 1.05 bits per heavy atom. The molecular formula is C19H28N2O. The zero-order valence-electron chi connectivity index (χ0n) is 13.8. The summed E-state index contributed by atoms with van der Waals surface area (Å²) in [6.45, 7) is 7.38. The molecule has 0 radical (unpaired) electrons. The largest absolute Gasteiger partial charge is 0.340 e. The van der Waals surface area contributed by atoms with Gasteiger partial charge in [0.25, 0.3) is 0 Å². The number of nitrogens with zero attached hydrogens (tertiary/aromatic N) is 2. The topological polar surface area (TPSA) is 23.6 Å². The SMILES string of the molecule is CCc1ccc(CCC(=O)N2CCN(CC3CC3)CC2)cc1. The summed E-state index contributed by atoms with van der Waals surface area (Å²) in [4.78, 5) is 16.9. The second-order valence-corrected chi connectivity index (χ2v) is 6.79. The van der Waals surface area contributed by atoms with Crippen LogP contribution in [0.1, 0.15) is 37.3 Å². The average molecular weight is 300 g/mol. The van der Waals surface area contributed by atoms with E-state index in [4.69, 9.17) is 0 Å². The highest BCUT2D eigenvalue weighted by Gasteiger charge is 2.27. The van der Waals surface area contributed by atoms with Crippen molar-refractivity contribution in [1.29, 1.82) is 0 Å². The first-order valence-electron chi connectivity index (χ1n) is 8.82. The number of carbonyl (C=O) groups is 1.